The summed E-state index contributed by atoms with van der Waals surface area (Å²) in [5.41, 5.74) is 6.06. The predicted molar refractivity (Wildman–Crippen MR) is 64.3 cm³/mol. The molecule has 0 saturated heterocycles. The second-order valence-corrected chi connectivity index (χ2v) is 7.06. The monoisotopic (exact) mass is 226 g/mol. The molecule has 0 saturated carbocycles. The Hall–Kier alpha value is -1.03. The zero-order chi connectivity index (χ0) is 11.7. The van der Waals surface area contributed by atoms with E-state index in [2.05, 4.69) is 0 Å². The highest BCUT2D eigenvalue weighted by molar-refractivity contribution is 7.92. The minimum absolute atomic E-state index is 0.111. The SMILES string of the molecule is CC(C)(C)CS(=N)(=O)c1ccc(N)cc1. The van der Waals surface area contributed by atoms with Gasteiger partial charge in [-0.3, -0.25) is 0 Å². The summed E-state index contributed by atoms with van der Waals surface area (Å²) in [6.07, 6.45) is 0. The first-order chi connectivity index (χ1) is 6.71. The summed E-state index contributed by atoms with van der Waals surface area (Å²) in [6.45, 7) is 5.95. The first kappa shape index (κ1) is 12.0. The molecule has 0 bridgehead atoms. The molecule has 0 aliphatic rings. The van der Waals surface area contributed by atoms with Gasteiger partial charge >= 0.3 is 0 Å². The molecule has 0 aliphatic heterocycles. The molecule has 3 N–H and O–H groups in total. The lowest BCUT2D eigenvalue weighted by Gasteiger charge is -2.20. The molecule has 0 heterocycles. The minimum Gasteiger partial charge on any atom is -0.399 e. The molecule has 0 spiro atoms. The largest absolute Gasteiger partial charge is 0.399 e. The quantitative estimate of drug-likeness (QED) is 0.761. The molecule has 0 fully saturated rings. The van der Waals surface area contributed by atoms with Gasteiger partial charge in [-0.25, -0.2) is 8.99 Å². The van der Waals surface area contributed by atoms with Gasteiger partial charge in [-0.05, 0) is 29.7 Å². The van der Waals surface area contributed by atoms with Crippen LogP contribution in [0.15, 0.2) is 29.2 Å². The van der Waals surface area contributed by atoms with Gasteiger partial charge in [0.25, 0.3) is 0 Å². The van der Waals surface area contributed by atoms with Crippen LogP contribution >= 0.6 is 0 Å². The molecule has 1 unspecified atom stereocenters. The van der Waals surface area contributed by atoms with E-state index < -0.39 is 9.73 Å². The van der Waals surface area contributed by atoms with Crippen molar-refractivity contribution >= 4 is 15.4 Å². The van der Waals surface area contributed by atoms with E-state index in [1.165, 1.54) is 0 Å². The molecule has 0 aromatic heterocycles. The molecule has 0 aliphatic carbocycles. The van der Waals surface area contributed by atoms with Crippen LogP contribution in [-0.4, -0.2) is 9.96 Å². The van der Waals surface area contributed by atoms with Crippen LogP contribution in [0.2, 0.25) is 0 Å². The fourth-order valence-corrected chi connectivity index (χ4v) is 3.34. The highest BCUT2D eigenvalue weighted by Gasteiger charge is 2.20. The van der Waals surface area contributed by atoms with Crippen LogP contribution in [0.3, 0.4) is 0 Å². The molecule has 15 heavy (non-hydrogen) atoms. The maximum atomic E-state index is 12.1. The molecule has 0 radical (unpaired) electrons. The second kappa shape index (κ2) is 3.85. The normalized spacial score (nSPS) is 15.9. The smallest absolute Gasteiger partial charge is 0.0731 e. The standard InChI is InChI=1S/C11H18N2OS/c1-11(2,3)8-15(13,14)10-6-4-9(12)5-7-10/h4-7,13H,8,12H2,1-3H3. The fraction of sp³-hybridized carbons (Fsp3) is 0.455. The van der Waals surface area contributed by atoms with Crippen LogP contribution < -0.4 is 5.73 Å². The Bertz CT molecular complexity index is 427. The summed E-state index contributed by atoms with van der Waals surface area (Å²) in [6, 6.07) is 6.73. The van der Waals surface area contributed by atoms with Crippen molar-refractivity contribution in [1.29, 1.82) is 4.78 Å². The topological polar surface area (TPSA) is 66.9 Å². The number of anilines is 1. The first-order valence-corrected chi connectivity index (χ1v) is 6.55. The number of nitrogen functional groups attached to an aromatic ring is 1. The Morgan fingerprint density at radius 3 is 2.13 bits per heavy atom. The van der Waals surface area contributed by atoms with E-state index in [1.54, 1.807) is 24.3 Å². The van der Waals surface area contributed by atoms with E-state index in [9.17, 15) is 4.21 Å². The van der Waals surface area contributed by atoms with Crippen LogP contribution in [0.1, 0.15) is 20.8 Å². The van der Waals surface area contributed by atoms with Crippen LogP contribution in [-0.2, 0) is 9.73 Å². The van der Waals surface area contributed by atoms with Gasteiger partial charge in [-0.1, -0.05) is 20.8 Å². The van der Waals surface area contributed by atoms with Crippen molar-refractivity contribution in [3.63, 3.8) is 0 Å². The maximum Gasteiger partial charge on any atom is 0.0731 e. The summed E-state index contributed by atoms with van der Waals surface area (Å²) in [5, 5.41) is 0. The number of benzene rings is 1. The zero-order valence-electron chi connectivity index (χ0n) is 9.41. The third kappa shape index (κ3) is 3.55. The van der Waals surface area contributed by atoms with Crippen molar-refractivity contribution in [2.45, 2.75) is 25.7 Å². The van der Waals surface area contributed by atoms with E-state index in [1.807, 2.05) is 20.8 Å². The van der Waals surface area contributed by atoms with Crippen molar-refractivity contribution in [3.8, 4) is 0 Å². The van der Waals surface area contributed by atoms with Crippen molar-refractivity contribution in [1.82, 2.24) is 0 Å². The molecular weight excluding hydrogens is 208 g/mol. The third-order valence-electron chi connectivity index (χ3n) is 1.90. The molecule has 1 aromatic carbocycles. The zero-order valence-corrected chi connectivity index (χ0v) is 10.2. The number of hydrogen-bond donors (Lipinski definition) is 2. The van der Waals surface area contributed by atoms with Gasteiger partial charge < -0.3 is 5.73 Å². The molecule has 0 amide bonds. The number of nitrogens with one attached hydrogen (secondary N) is 1. The van der Waals surface area contributed by atoms with Gasteiger partial charge in [0.1, 0.15) is 0 Å². The summed E-state index contributed by atoms with van der Waals surface area (Å²) in [7, 11) is -2.69. The van der Waals surface area contributed by atoms with Gasteiger partial charge in [0.15, 0.2) is 0 Å². The van der Waals surface area contributed by atoms with Crippen LogP contribution in [0.4, 0.5) is 5.69 Å². The second-order valence-electron chi connectivity index (χ2n) is 4.95. The Kier molecular flexibility index (Phi) is 3.09. The van der Waals surface area contributed by atoms with Crippen molar-refractivity contribution in [3.05, 3.63) is 24.3 Å². The molecule has 4 heteroatoms. The van der Waals surface area contributed by atoms with Crippen LogP contribution in [0, 0.1) is 10.2 Å². The average Bonchev–Trinajstić information content (AvgIpc) is 2.00. The van der Waals surface area contributed by atoms with Crippen LogP contribution in [0.25, 0.3) is 0 Å². The van der Waals surface area contributed by atoms with Crippen LogP contribution in [0.5, 0.6) is 0 Å². The number of hydrogen-bond acceptors (Lipinski definition) is 3. The third-order valence-corrected chi connectivity index (χ3v) is 4.20. The average molecular weight is 226 g/mol. The summed E-state index contributed by atoms with van der Waals surface area (Å²) in [4.78, 5) is 0.562. The van der Waals surface area contributed by atoms with Gasteiger partial charge in [0.05, 0.1) is 9.73 Å². The Labute approximate surface area is 91.7 Å². The minimum atomic E-state index is -2.69. The molecule has 1 atom stereocenters. The van der Waals surface area contributed by atoms with Gasteiger partial charge in [-0.15, -0.1) is 0 Å². The molecular formula is C11H18N2OS. The lowest BCUT2D eigenvalue weighted by Crippen LogP contribution is -2.19. The molecule has 84 valence electrons. The summed E-state index contributed by atoms with van der Waals surface area (Å²) in [5.74, 6) is 0.365. The number of rotatable bonds is 2. The Morgan fingerprint density at radius 2 is 1.73 bits per heavy atom. The van der Waals surface area contributed by atoms with Gasteiger partial charge in [-0.2, -0.15) is 0 Å². The highest BCUT2D eigenvalue weighted by Crippen LogP contribution is 2.22. The molecule has 1 aromatic rings. The van der Waals surface area contributed by atoms with Crippen molar-refractivity contribution in [2.75, 3.05) is 11.5 Å². The van der Waals surface area contributed by atoms with E-state index >= 15 is 0 Å². The van der Waals surface area contributed by atoms with E-state index in [0.717, 1.165) is 0 Å². The first-order valence-electron chi connectivity index (χ1n) is 4.83. The van der Waals surface area contributed by atoms with Gasteiger partial charge in [0.2, 0.25) is 0 Å². The van der Waals surface area contributed by atoms with E-state index in [0.29, 0.717) is 16.3 Å². The fourth-order valence-electron chi connectivity index (χ4n) is 1.38. The van der Waals surface area contributed by atoms with E-state index in [-0.39, 0.29) is 5.41 Å². The lowest BCUT2D eigenvalue weighted by atomic mass is 10.0. The molecule has 3 nitrogen and oxygen atoms in total. The maximum absolute atomic E-state index is 12.1. The van der Waals surface area contributed by atoms with Crippen molar-refractivity contribution < 1.29 is 4.21 Å². The number of nitrogens with two attached hydrogens (primary N) is 1. The predicted octanol–water partition coefficient (Wildman–Crippen LogP) is 2.72. The van der Waals surface area contributed by atoms with Crippen molar-refractivity contribution in [2.24, 2.45) is 5.41 Å². The Balaban J connectivity index is 3.02. The highest BCUT2D eigenvalue weighted by atomic mass is 32.2. The van der Waals surface area contributed by atoms with Gasteiger partial charge in [0, 0.05) is 16.3 Å². The van der Waals surface area contributed by atoms with E-state index in [4.69, 9.17) is 10.5 Å². The summed E-state index contributed by atoms with van der Waals surface area (Å²) >= 11 is 0. The lowest BCUT2D eigenvalue weighted by molar-refractivity contribution is 0.471. The Morgan fingerprint density at radius 1 is 1.27 bits per heavy atom. The summed E-state index contributed by atoms with van der Waals surface area (Å²) < 4.78 is 20.0. The molecule has 1 rings (SSSR count).